The molecule has 0 radical (unpaired) electrons. The quantitative estimate of drug-likeness (QED) is 0.554. The number of hydrogen-bond acceptors (Lipinski definition) is 3. The first-order valence-corrected chi connectivity index (χ1v) is 10.1. The molecule has 29 heavy (non-hydrogen) atoms. The molecule has 148 valence electrons. The predicted molar refractivity (Wildman–Crippen MR) is 115 cm³/mol. The van der Waals surface area contributed by atoms with E-state index in [1.165, 1.54) is 17.7 Å². The first-order chi connectivity index (χ1) is 14.1. The second kappa shape index (κ2) is 8.76. The molecule has 5 heteroatoms. The van der Waals surface area contributed by atoms with Crippen molar-refractivity contribution >= 4 is 23.1 Å². The smallest absolute Gasteiger partial charge is 0.198 e. The van der Waals surface area contributed by atoms with Gasteiger partial charge in [-0.1, -0.05) is 54.1 Å². The summed E-state index contributed by atoms with van der Waals surface area (Å²) < 4.78 is 14.1. The number of likely N-dealkylation sites (tertiary alicyclic amines) is 1. The van der Waals surface area contributed by atoms with E-state index in [0.29, 0.717) is 16.3 Å². The Kier molecular flexibility index (Phi) is 5.93. The van der Waals surface area contributed by atoms with E-state index >= 15 is 0 Å². The minimum Gasteiger partial charge on any atom is -0.380 e. The van der Waals surface area contributed by atoms with Crippen LogP contribution < -0.4 is 5.32 Å². The number of nitrogens with one attached hydrogen (secondary N) is 1. The zero-order valence-electron chi connectivity index (χ0n) is 15.9. The van der Waals surface area contributed by atoms with Crippen molar-refractivity contribution in [1.82, 2.24) is 4.90 Å². The van der Waals surface area contributed by atoms with Gasteiger partial charge in [-0.15, -0.1) is 0 Å². The van der Waals surface area contributed by atoms with Gasteiger partial charge in [-0.2, -0.15) is 0 Å². The van der Waals surface area contributed by atoms with Crippen molar-refractivity contribution in [2.24, 2.45) is 0 Å². The number of benzene rings is 3. The first kappa shape index (κ1) is 19.6. The van der Waals surface area contributed by atoms with E-state index in [9.17, 15) is 9.18 Å². The number of nitrogens with zero attached hydrogens (tertiary/aromatic N) is 1. The Bertz CT molecular complexity index is 1010. The second-order valence-corrected chi connectivity index (χ2v) is 7.79. The van der Waals surface area contributed by atoms with Gasteiger partial charge in [0.1, 0.15) is 5.82 Å². The molecule has 1 N–H and O–H groups in total. The van der Waals surface area contributed by atoms with Crippen LogP contribution in [0.4, 0.5) is 10.1 Å². The molecule has 1 heterocycles. The fourth-order valence-electron chi connectivity index (χ4n) is 3.78. The summed E-state index contributed by atoms with van der Waals surface area (Å²) in [6.45, 7) is 2.77. The second-order valence-electron chi connectivity index (χ2n) is 7.35. The van der Waals surface area contributed by atoms with Crippen LogP contribution in [-0.2, 0) is 6.54 Å². The molecule has 0 aliphatic carbocycles. The number of anilines is 1. The van der Waals surface area contributed by atoms with E-state index in [1.54, 1.807) is 30.3 Å². The summed E-state index contributed by atoms with van der Waals surface area (Å²) in [5.41, 5.74) is 2.42. The number of carbonyl (C=O) groups is 1. The third-order valence-corrected chi connectivity index (χ3v) is 5.46. The third-order valence-electron chi connectivity index (χ3n) is 5.23. The van der Waals surface area contributed by atoms with Gasteiger partial charge < -0.3 is 5.32 Å². The van der Waals surface area contributed by atoms with Crippen LogP contribution >= 0.6 is 11.6 Å². The van der Waals surface area contributed by atoms with Gasteiger partial charge in [0.05, 0.1) is 5.56 Å². The Morgan fingerprint density at radius 1 is 1.03 bits per heavy atom. The first-order valence-electron chi connectivity index (χ1n) is 9.72. The highest BCUT2D eigenvalue weighted by Gasteiger charge is 2.24. The van der Waals surface area contributed by atoms with Crippen molar-refractivity contribution in [2.45, 2.75) is 19.0 Å². The van der Waals surface area contributed by atoms with E-state index in [2.05, 4.69) is 34.5 Å². The average Bonchev–Trinajstić information content (AvgIpc) is 3.17. The highest BCUT2D eigenvalue weighted by Crippen LogP contribution is 2.27. The van der Waals surface area contributed by atoms with Gasteiger partial charge in [-0.25, -0.2) is 4.39 Å². The highest BCUT2D eigenvalue weighted by atomic mass is 35.5. The molecule has 3 aromatic rings. The van der Waals surface area contributed by atoms with E-state index in [4.69, 9.17) is 11.6 Å². The van der Waals surface area contributed by atoms with Crippen molar-refractivity contribution < 1.29 is 9.18 Å². The number of carbonyl (C=O) groups excluding carboxylic acids is 1. The van der Waals surface area contributed by atoms with Gasteiger partial charge >= 0.3 is 0 Å². The van der Waals surface area contributed by atoms with Crippen LogP contribution in [0, 0.1) is 5.82 Å². The molecule has 0 bridgehead atoms. The molecule has 0 aromatic heterocycles. The Hall–Kier alpha value is -2.69. The molecule has 1 aliphatic heterocycles. The predicted octanol–water partition coefficient (Wildman–Crippen LogP) is 5.40. The SMILES string of the molecule is O=C(c1ccccc1F)c1cc(Cl)ccc1NC1CCN(Cc2ccccc2)C1. The van der Waals surface area contributed by atoms with Gasteiger partial charge in [0.15, 0.2) is 5.78 Å². The maximum absolute atomic E-state index is 14.1. The summed E-state index contributed by atoms with van der Waals surface area (Å²) in [6.07, 6.45) is 0.975. The standard InChI is InChI=1S/C24H22ClFN2O/c25-18-10-11-23(21(14-18)24(29)20-8-4-5-9-22(20)26)27-19-12-13-28(16-19)15-17-6-2-1-3-7-17/h1-11,14,19,27H,12-13,15-16H2. The van der Waals surface area contributed by atoms with Crippen LogP contribution in [0.5, 0.6) is 0 Å². The average molecular weight is 409 g/mol. The molecule has 1 fully saturated rings. The Morgan fingerprint density at radius 2 is 1.79 bits per heavy atom. The van der Waals surface area contributed by atoms with Crippen LogP contribution in [0.25, 0.3) is 0 Å². The molecule has 4 rings (SSSR count). The van der Waals surface area contributed by atoms with Crippen molar-refractivity contribution in [3.05, 3.63) is 100 Å². The molecule has 3 aromatic carbocycles. The highest BCUT2D eigenvalue weighted by molar-refractivity contribution is 6.31. The topological polar surface area (TPSA) is 32.3 Å². The minimum atomic E-state index is -0.529. The lowest BCUT2D eigenvalue weighted by Gasteiger charge is -2.19. The summed E-state index contributed by atoms with van der Waals surface area (Å²) >= 11 is 6.14. The number of ketones is 1. The van der Waals surface area contributed by atoms with E-state index in [0.717, 1.165) is 26.1 Å². The fourth-order valence-corrected chi connectivity index (χ4v) is 3.95. The van der Waals surface area contributed by atoms with E-state index in [-0.39, 0.29) is 17.4 Å². The molecule has 3 nitrogen and oxygen atoms in total. The fraction of sp³-hybridized carbons (Fsp3) is 0.208. The van der Waals surface area contributed by atoms with Gasteiger partial charge in [0, 0.05) is 41.9 Å². The van der Waals surface area contributed by atoms with Crippen LogP contribution in [0.1, 0.15) is 27.9 Å². The Labute approximate surface area is 175 Å². The lowest BCUT2D eigenvalue weighted by Crippen LogP contribution is -2.26. The largest absolute Gasteiger partial charge is 0.380 e. The number of rotatable bonds is 6. The van der Waals surface area contributed by atoms with E-state index < -0.39 is 5.82 Å². The number of hydrogen-bond donors (Lipinski definition) is 1. The zero-order chi connectivity index (χ0) is 20.2. The van der Waals surface area contributed by atoms with E-state index in [1.807, 2.05) is 6.07 Å². The molecule has 1 atom stereocenters. The minimum absolute atomic E-state index is 0.0509. The van der Waals surface area contributed by atoms with Gasteiger partial charge in [-0.05, 0) is 42.3 Å². The molecule has 1 saturated heterocycles. The summed E-state index contributed by atoms with van der Waals surface area (Å²) in [5.74, 6) is -0.898. The summed E-state index contributed by atoms with van der Waals surface area (Å²) in [4.78, 5) is 15.4. The normalized spacial score (nSPS) is 16.7. The van der Waals surface area contributed by atoms with Gasteiger partial charge in [0.2, 0.25) is 0 Å². The molecule has 1 aliphatic rings. The maximum Gasteiger partial charge on any atom is 0.198 e. The molecule has 0 amide bonds. The number of halogens is 2. The molecule has 1 unspecified atom stereocenters. The van der Waals surface area contributed by atoms with Crippen LogP contribution in [0.3, 0.4) is 0 Å². The third kappa shape index (κ3) is 4.66. The Balaban J connectivity index is 1.50. The summed E-state index contributed by atoms with van der Waals surface area (Å²) in [7, 11) is 0. The van der Waals surface area contributed by atoms with Crippen molar-refractivity contribution in [2.75, 3.05) is 18.4 Å². The summed E-state index contributed by atoms with van der Waals surface area (Å²) in [6, 6.07) is 21.8. The van der Waals surface area contributed by atoms with Crippen LogP contribution in [0.2, 0.25) is 5.02 Å². The zero-order valence-corrected chi connectivity index (χ0v) is 16.7. The monoisotopic (exact) mass is 408 g/mol. The van der Waals surface area contributed by atoms with Crippen LogP contribution in [-0.4, -0.2) is 29.8 Å². The lowest BCUT2D eigenvalue weighted by atomic mass is 10.0. The Morgan fingerprint density at radius 3 is 2.59 bits per heavy atom. The summed E-state index contributed by atoms with van der Waals surface area (Å²) in [5, 5.41) is 3.93. The molecular weight excluding hydrogens is 387 g/mol. The van der Waals surface area contributed by atoms with Gasteiger partial charge in [-0.3, -0.25) is 9.69 Å². The maximum atomic E-state index is 14.1. The van der Waals surface area contributed by atoms with Crippen molar-refractivity contribution in [3.63, 3.8) is 0 Å². The van der Waals surface area contributed by atoms with Gasteiger partial charge in [0.25, 0.3) is 0 Å². The molecule has 0 saturated carbocycles. The molecular formula is C24H22ClFN2O. The molecule has 0 spiro atoms. The van der Waals surface area contributed by atoms with Crippen molar-refractivity contribution in [3.8, 4) is 0 Å². The lowest BCUT2D eigenvalue weighted by molar-refractivity contribution is 0.103. The van der Waals surface area contributed by atoms with Crippen molar-refractivity contribution in [1.29, 1.82) is 0 Å². The van der Waals surface area contributed by atoms with Crippen LogP contribution in [0.15, 0.2) is 72.8 Å².